The summed E-state index contributed by atoms with van der Waals surface area (Å²) >= 11 is 0. The van der Waals surface area contributed by atoms with Crippen molar-refractivity contribution in [1.29, 1.82) is 0 Å². The first-order valence-electron chi connectivity index (χ1n) is 9.96. The number of imidazole rings is 1. The van der Waals surface area contributed by atoms with E-state index in [1.807, 2.05) is 59.5 Å². The average molecular weight is 391 g/mol. The summed E-state index contributed by atoms with van der Waals surface area (Å²) in [5.41, 5.74) is 2.73. The molecular formula is C22H25N5O2. The molecule has 2 aromatic carbocycles. The minimum atomic E-state index is -0.0270. The minimum absolute atomic E-state index is 0.0270. The molecular weight excluding hydrogens is 366 g/mol. The van der Waals surface area contributed by atoms with Crippen LogP contribution < -0.4 is 5.32 Å². The summed E-state index contributed by atoms with van der Waals surface area (Å²) < 4.78 is 0. The zero-order valence-electron chi connectivity index (χ0n) is 16.3. The van der Waals surface area contributed by atoms with Crippen LogP contribution in [-0.2, 0) is 16.0 Å². The van der Waals surface area contributed by atoms with Crippen molar-refractivity contribution in [2.45, 2.75) is 12.8 Å². The highest BCUT2D eigenvalue weighted by atomic mass is 16.2. The van der Waals surface area contributed by atoms with Gasteiger partial charge < -0.3 is 15.2 Å². The number of rotatable bonds is 6. The molecule has 2 N–H and O–H groups in total. The van der Waals surface area contributed by atoms with Crippen LogP contribution in [0.4, 0.5) is 5.69 Å². The number of nitrogens with zero attached hydrogens (tertiary/aromatic N) is 3. The number of H-pyrrole nitrogens is 1. The molecule has 4 rings (SSSR count). The normalized spacial score (nSPS) is 14.8. The number of aromatic amines is 1. The Balaban J connectivity index is 1.20. The third-order valence-corrected chi connectivity index (χ3v) is 5.16. The van der Waals surface area contributed by atoms with E-state index in [1.54, 1.807) is 0 Å². The highest BCUT2D eigenvalue weighted by molar-refractivity contribution is 5.92. The van der Waals surface area contributed by atoms with Gasteiger partial charge in [-0.15, -0.1) is 0 Å². The number of benzene rings is 2. The van der Waals surface area contributed by atoms with E-state index in [0.29, 0.717) is 45.6 Å². The Labute approximate surface area is 169 Å². The van der Waals surface area contributed by atoms with Crippen LogP contribution in [0.3, 0.4) is 0 Å². The summed E-state index contributed by atoms with van der Waals surface area (Å²) in [5.74, 6) is 0.954. The molecule has 29 heavy (non-hydrogen) atoms. The molecule has 1 aromatic heterocycles. The molecule has 7 heteroatoms. The first-order chi connectivity index (χ1) is 14.2. The fourth-order valence-electron chi connectivity index (χ4n) is 3.59. The number of anilines is 1. The SMILES string of the molecule is O=C(CN1CCN(C(=O)CCc2nc3ccccc3[nH]2)CC1)Nc1ccccc1. The van der Waals surface area contributed by atoms with Crippen molar-refractivity contribution in [2.75, 3.05) is 38.0 Å². The minimum Gasteiger partial charge on any atom is -0.342 e. The van der Waals surface area contributed by atoms with E-state index in [4.69, 9.17) is 0 Å². The van der Waals surface area contributed by atoms with Crippen LogP contribution in [0.5, 0.6) is 0 Å². The molecule has 2 heterocycles. The van der Waals surface area contributed by atoms with Crippen LogP contribution >= 0.6 is 0 Å². The van der Waals surface area contributed by atoms with Gasteiger partial charge in [-0.25, -0.2) is 4.98 Å². The number of nitrogens with one attached hydrogen (secondary N) is 2. The Morgan fingerprint density at radius 2 is 1.69 bits per heavy atom. The average Bonchev–Trinajstić information content (AvgIpc) is 3.16. The van der Waals surface area contributed by atoms with Gasteiger partial charge in [0.25, 0.3) is 0 Å². The molecule has 0 saturated carbocycles. The Morgan fingerprint density at radius 1 is 0.966 bits per heavy atom. The molecule has 0 spiro atoms. The van der Waals surface area contributed by atoms with Crippen LogP contribution in [0.15, 0.2) is 54.6 Å². The summed E-state index contributed by atoms with van der Waals surface area (Å²) in [6.07, 6.45) is 1.04. The number of fused-ring (bicyclic) bond motifs is 1. The maximum absolute atomic E-state index is 12.5. The standard InChI is InChI=1S/C22H25N5O2/c28-21(23-17-6-2-1-3-7-17)16-26-12-14-27(15-13-26)22(29)11-10-20-24-18-8-4-5-9-19(18)25-20/h1-9H,10-16H2,(H,23,28)(H,24,25). The van der Waals surface area contributed by atoms with Gasteiger partial charge in [0, 0.05) is 44.7 Å². The van der Waals surface area contributed by atoms with Crippen LogP contribution in [0.1, 0.15) is 12.2 Å². The lowest BCUT2D eigenvalue weighted by molar-refractivity contribution is -0.133. The molecule has 1 saturated heterocycles. The Kier molecular flexibility index (Phi) is 5.86. The molecule has 1 aliphatic rings. The lowest BCUT2D eigenvalue weighted by Crippen LogP contribution is -2.50. The topological polar surface area (TPSA) is 81.3 Å². The monoisotopic (exact) mass is 391 g/mol. The van der Waals surface area contributed by atoms with Crippen LogP contribution in [-0.4, -0.2) is 64.3 Å². The second kappa shape index (κ2) is 8.87. The lowest BCUT2D eigenvalue weighted by Gasteiger charge is -2.34. The largest absolute Gasteiger partial charge is 0.342 e. The lowest BCUT2D eigenvalue weighted by atomic mass is 10.2. The van der Waals surface area contributed by atoms with Crippen molar-refractivity contribution in [3.05, 3.63) is 60.4 Å². The molecule has 1 fully saturated rings. The molecule has 0 aliphatic carbocycles. The number of piperazine rings is 1. The molecule has 150 valence electrons. The summed E-state index contributed by atoms with van der Waals surface area (Å²) in [5, 5.41) is 2.90. The number of amides is 2. The van der Waals surface area contributed by atoms with Crippen molar-refractivity contribution in [3.63, 3.8) is 0 Å². The van der Waals surface area contributed by atoms with Crippen LogP contribution in [0, 0.1) is 0 Å². The molecule has 3 aromatic rings. The fourth-order valence-corrected chi connectivity index (χ4v) is 3.59. The van der Waals surface area contributed by atoms with Gasteiger partial charge in [-0.1, -0.05) is 30.3 Å². The van der Waals surface area contributed by atoms with Crippen molar-refractivity contribution in [1.82, 2.24) is 19.8 Å². The zero-order valence-corrected chi connectivity index (χ0v) is 16.3. The third-order valence-electron chi connectivity index (χ3n) is 5.16. The van der Waals surface area contributed by atoms with E-state index in [1.165, 1.54) is 0 Å². The molecule has 0 unspecified atom stereocenters. The van der Waals surface area contributed by atoms with Gasteiger partial charge in [-0.3, -0.25) is 14.5 Å². The maximum atomic E-state index is 12.5. The second-order valence-electron chi connectivity index (χ2n) is 7.27. The van der Waals surface area contributed by atoms with Crippen LogP contribution in [0.25, 0.3) is 11.0 Å². The summed E-state index contributed by atoms with van der Waals surface area (Å²) in [4.78, 5) is 36.5. The van der Waals surface area contributed by atoms with Crippen molar-refractivity contribution in [3.8, 4) is 0 Å². The van der Waals surface area contributed by atoms with Crippen molar-refractivity contribution < 1.29 is 9.59 Å². The number of aryl methyl sites for hydroxylation is 1. The van der Waals surface area contributed by atoms with E-state index >= 15 is 0 Å². The zero-order chi connectivity index (χ0) is 20.1. The number of hydrogen-bond donors (Lipinski definition) is 2. The number of hydrogen-bond acceptors (Lipinski definition) is 4. The van der Waals surface area contributed by atoms with E-state index in [9.17, 15) is 9.59 Å². The quantitative estimate of drug-likeness (QED) is 0.676. The predicted molar refractivity (Wildman–Crippen MR) is 113 cm³/mol. The Hall–Kier alpha value is -3.19. The molecule has 7 nitrogen and oxygen atoms in total. The third kappa shape index (κ3) is 5.00. The highest BCUT2D eigenvalue weighted by Gasteiger charge is 2.22. The summed E-state index contributed by atoms with van der Waals surface area (Å²) in [6, 6.07) is 17.3. The first kappa shape index (κ1) is 19.1. The van der Waals surface area contributed by atoms with E-state index in [2.05, 4.69) is 20.2 Å². The molecule has 1 aliphatic heterocycles. The Bertz CT molecular complexity index is 944. The molecule has 0 atom stereocenters. The van der Waals surface area contributed by atoms with Crippen molar-refractivity contribution >= 4 is 28.5 Å². The molecule has 2 amide bonds. The fraction of sp³-hybridized carbons (Fsp3) is 0.318. The van der Waals surface area contributed by atoms with Gasteiger partial charge in [-0.2, -0.15) is 0 Å². The summed E-state index contributed by atoms with van der Waals surface area (Å²) in [7, 11) is 0. The van der Waals surface area contributed by atoms with Crippen LogP contribution in [0.2, 0.25) is 0 Å². The van der Waals surface area contributed by atoms with Gasteiger partial charge in [0.2, 0.25) is 11.8 Å². The first-order valence-corrected chi connectivity index (χ1v) is 9.96. The maximum Gasteiger partial charge on any atom is 0.238 e. The van der Waals surface area contributed by atoms with Gasteiger partial charge in [0.15, 0.2) is 0 Å². The number of aromatic nitrogens is 2. The van der Waals surface area contributed by atoms with Gasteiger partial charge in [0.05, 0.1) is 17.6 Å². The van der Waals surface area contributed by atoms with Gasteiger partial charge in [0.1, 0.15) is 5.82 Å². The second-order valence-corrected chi connectivity index (χ2v) is 7.27. The number of carbonyl (C=O) groups is 2. The summed E-state index contributed by atoms with van der Waals surface area (Å²) in [6.45, 7) is 3.06. The highest BCUT2D eigenvalue weighted by Crippen LogP contribution is 2.12. The van der Waals surface area contributed by atoms with Gasteiger partial charge in [-0.05, 0) is 24.3 Å². The predicted octanol–water partition coefficient (Wildman–Crippen LogP) is 2.28. The smallest absolute Gasteiger partial charge is 0.238 e. The molecule has 0 bridgehead atoms. The number of carbonyl (C=O) groups excluding carboxylic acids is 2. The van der Waals surface area contributed by atoms with Gasteiger partial charge >= 0.3 is 0 Å². The van der Waals surface area contributed by atoms with E-state index < -0.39 is 0 Å². The van der Waals surface area contributed by atoms with E-state index in [0.717, 1.165) is 22.5 Å². The van der Waals surface area contributed by atoms with E-state index in [-0.39, 0.29) is 11.8 Å². The Morgan fingerprint density at radius 3 is 2.45 bits per heavy atom. The van der Waals surface area contributed by atoms with Crippen molar-refractivity contribution in [2.24, 2.45) is 0 Å². The molecule has 0 radical (unpaired) electrons. The number of para-hydroxylation sites is 3.